The van der Waals surface area contributed by atoms with Crippen molar-refractivity contribution in [3.8, 4) is 0 Å². The first-order valence-corrected chi connectivity index (χ1v) is 7.90. The molecule has 1 aliphatic heterocycles. The summed E-state index contributed by atoms with van der Waals surface area (Å²) in [7, 11) is 0. The van der Waals surface area contributed by atoms with Gasteiger partial charge in [0.2, 0.25) is 5.95 Å². The predicted octanol–water partition coefficient (Wildman–Crippen LogP) is 0.373. The molecule has 8 nitrogen and oxygen atoms in total. The first-order valence-electron chi connectivity index (χ1n) is 7.08. The van der Waals surface area contributed by atoms with Crippen LogP contribution in [0.5, 0.6) is 0 Å². The molecule has 0 bridgehead atoms. The number of H-pyrrole nitrogens is 1. The van der Waals surface area contributed by atoms with Crippen molar-refractivity contribution in [2.24, 2.45) is 5.92 Å². The van der Waals surface area contributed by atoms with Crippen LogP contribution < -0.4 is 16.2 Å². The summed E-state index contributed by atoms with van der Waals surface area (Å²) >= 11 is 0.703. The van der Waals surface area contributed by atoms with Crippen LogP contribution in [-0.2, 0) is 4.74 Å². The van der Waals surface area contributed by atoms with E-state index in [1.54, 1.807) is 0 Å². The van der Waals surface area contributed by atoms with Gasteiger partial charge in [0.25, 0.3) is 5.56 Å². The summed E-state index contributed by atoms with van der Waals surface area (Å²) in [6.45, 7) is 2.50. The maximum absolute atomic E-state index is 14.5. The topological polar surface area (TPSA) is 123 Å². The lowest BCUT2D eigenvalue weighted by molar-refractivity contribution is -0.0514. The van der Waals surface area contributed by atoms with Gasteiger partial charge in [-0.25, -0.2) is 4.39 Å². The number of fused-ring (bicyclic) bond motifs is 1. The Kier molecular flexibility index (Phi) is 3.77. The molecule has 0 amide bonds. The fourth-order valence-electron chi connectivity index (χ4n) is 2.89. The number of anilines is 1. The molecule has 3 rings (SSSR count). The van der Waals surface area contributed by atoms with Crippen LogP contribution in [0.2, 0.25) is 0 Å². The molecule has 0 spiro atoms. The van der Waals surface area contributed by atoms with Crippen molar-refractivity contribution in [1.29, 1.82) is 0 Å². The largest absolute Gasteiger partial charge is 0.394 e. The zero-order valence-electron chi connectivity index (χ0n) is 12.6. The Bertz CT molecular complexity index is 852. The number of nitrogen functional groups attached to an aromatic ring is 1. The van der Waals surface area contributed by atoms with Crippen LogP contribution in [0.4, 0.5) is 10.3 Å². The second kappa shape index (κ2) is 5.39. The standard InChI is InChI=1S/C13H17FN4O4S/c1-13(2,14)6-3-5(4-19)22-10(6)18-8-7(23-12(18)21)9(20)17-11(15)16-8/h5-6,10,19H,3-4H2,1-2H3,(H3,15,16,17,20)/t5?,6-,10?/m1/s1. The number of halogens is 1. The molecule has 0 aliphatic carbocycles. The minimum atomic E-state index is -1.64. The zero-order chi connectivity index (χ0) is 16.9. The number of nitrogens with zero attached hydrogens (tertiary/aromatic N) is 2. The first-order chi connectivity index (χ1) is 10.7. The van der Waals surface area contributed by atoms with Gasteiger partial charge in [0, 0.05) is 5.92 Å². The van der Waals surface area contributed by atoms with Gasteiger partial charge in [0.1, 0.15) is 16.6 Å². The fraction of sp³-hybridized carbons (Fsp3) is 0.615. The van der Waals surface area contributed by atoms with Crippen LogP contribution in [0.15, 0.2) is 9.59 Å². The summed E-state index contributed by atoms with van der Waals surface area (Å²) in [4.78, 5) is 30.1. The van der Waals surface area contributed by atoms with E-state index >= 15 is 0 Å². The number of hydrogen-bond acceptors (Lipinski definition) is 7. The maximum Gasteiger partial charge on any atom is 0.311 e. The van der Waals surface area contributed by atoms with Gasteiger partial charge in [0.15, 0.2) is 5.65 Å². The third-order valence-electron chi connectivity index (χ3n) is 4.02. The number of rotatable bonds is 3. The number of nitrogens with two attached hydrogens (primary N) is 1. The first kappa shape index (κ1) is 16.1. The van der Waals surface area contributed by atoms with E-state index in [-0.39, 0.29) is 29.3 Å². The van der Waals surface area contributed by atoms with Gasteiger partial charge in [-0.15, -0.1) is 0 Å². The van der Waals surface area contributed by atoms with Crippen LogP contribution in [0, 0.1) is 5.92 Å². The van der Waals surface area contributed by atoms with E-state index in [4.69, 9.17) is 10.5 Å². The maximum atomic E-state index is 14.5. The lowest BCUT2D eigenvalue weighted by Gasteiger charge is -2.27. The van der Waals surface area contributed by atoms with Crippen LogP contribution in [0.25, 0.3) is 10.3 Å². The summed E-state index contributed by atoms with van der Waals surface area (Å²) in [5.74, 6) is -0.806. The quantitative estimate of drug-likeness (QED) is 0.739. The molecule has 1 saturated heterocycles. The van der Waals surface area contributed by atoms with Gasteiger partial charge >= 0.3 is 4.87 Å². The van der Waals surface area contributed by atoms with Gasteiger partial charge < -0.3 is 15.6 Å². The van der Waals surface area contributed by atoms with Crippen LogP contribution in [0.1, 0.15) is 26.5 Å². The molecule has 0 aromatic carbocycles. The molecule has 4 N–H and O–H groups in total. The second-order valence-corrected chi connectivity index (χ2v) is 7.04. The molecule has 1 aliphatic rings. The molecule has 2 unspecified atom stereocenters. The number of hydrogen-bond donors (Lipinski definition) is 3. The average Bonchev–Trinajstić information content (AvgIpc) is 2.99. The number of aromatic nitrogens is 3. The van der Waals surface area contributed by atoms with Crippen molar-refractivity contribution in [2.75, 3.05) is 12.3 Å². The van der Waals surface area contributed by atoms with Gasteiger partial charge in [-0.2, -0.15) is 4.98 Å². The van der Waals surface area contributed by atoms with Crippen molar-refractivity contribution in [1.82, 2.24) is 14.5 Å². The molecule has 2 aromatic heterocycles. The Morgan fingerprint density at radius 3 is 2.87 bits per heavy atom. The lowest BCUT2D eigenvalue weighted by atomic mass is 9.88. The third kappa shape index (κ3) is 2.66. The van der Waals surface area contributed by atoms with Crippen molar-refractivity contribution in [3.05, 3.63) is 20.0 Å². The molecule has 10 heteroatoms. The smallest absolute Gasteiger partial charge is 0.311 e. The molecule has 1 fully saturated rings. The van der Waals surface area contributed by atoms with E-state index in [0.29, 0.717) is 11.3 Å². The molecule has 0 radical (unpaired) electrons. The molecule has 0 saturated carbocycles. The monoisotopic (exact) mass is 344 g/mol. The van der Waals surface area contributed by atoms with Gasteiger partial charge in [-0.1, -0.05) is 11.3 Å². The fourth-order valence-corrected chi connectivity index (χ4v) is 3.74. The Morgan fingerprint density at radius 2 is 2.26 bits per heavy atom. The summed E-state index contributed by atoms with van der Waals surface area (Å²) < 4.78 is 21.5. The van der Waals surface area contributed by atoms with E-state index < -0.39 is 34.4 Å². The average molecular weight is 344 g/mol. The molecule has 3 heterocycles. The third-order valence-corrected chi connectivity index (χ3v) is 4.97. The minimum absolute atomic E-state index is 0.0686. The Labute approximate surface area is 133 Å². The summed E-state index contributed by atoms with van der Waals surface area (Å²) in [6, 6.07) is 0. The highest BCUT2D eigenvalue weighted by atomic mass is 32.1. The van der Waals surface area contributed by atoms with E-state index in [2.05, 4.69) is 9.97 Å². The second-order valence-electron chi connectivity index (χ2n) is 6.08. The molecule has 126 valence electrons. The zero-order valence-corrected chi connectivity index (χ0v) is 13.4. The molecular weight excluding hydrogens is 327 g/mol. The van der Waals surface area contributed by atoms with E-state index in [1.807, 2.05) is 0 Å². The SMILES string of the molecule is CC(C)(F)[C@@H]1CC(CO)OC1n1c(=O)sc2c(=O)[nH]c(N)nc21. The summed E-state index contributed by atoms with van der Waals surface area (Å²) in [6.07, 6.45) is -1.28. The van der Waals surface area contributed by atoms with Crippen molar-refractivity contribution in [3.63, 3.8) is 0 Å². The number of nitrogens with one attached hydrogen (secondary N) is 1. The van der Waals surface area contributed by atoms with Gasteiger partial charge in [0.05, 0.1) is 12.7 Å². The predicted molar refractivity (Wildman–Crippen MR) is 83.2 cm³/mol. The number of alkyl halides is 1. The van der Waals surface area contributed by atoms with Gasteiger partial charge in [-0.05, 0) is 20.3 Å². The number of aliphatic hydroxyl groups is 1. The van der Waals surface area contributed by atoms with Crippen molar-refractivity contribution < 1.29 is 14.2 Å². The number of aliphatic hydroxyl groups excluding tert-OH is 1. The normalized spacial score (nSPS) is 25.3. The Hall–Kier alpha value is -1.78. The molecular formula is C13H17FN4O4S. The van der Waals surface area contributed by atoms with Crippen LogP contribution in [-0.4, -0.2) is 38.0 Å². The molecule has 3 atom stereocenters. The van der Waals surface area contributed by atoms with Crippen LogP contribution >= 0.6 is 11.3 Å². The Morgan fingerprint density at radius 1 is 1.57 bits per heavy atom. The van der Waals surface area contributed by atoms with Crippen LogP contribution in [0.3, 0.4) is 0 Å². The molecule has 2 aromatic rings. The lowest BCUT2D eigenvalue weighted by Crippen LogP contribution is -2.34. The highest BCUT2D eigenvalue weighted by Crippen LogP contribution is 2.43. The van der Waals surface area contributed by atoms with E-state index in [0.717, 1.165) is 4.57 Å². The highest BCUT2D eigenvalue weighted by molar-refractivity contribution is 7.16. The number of aromatic amines is 1. The summed E-state index contributed by atoms with van der Waals surface area (Å²) in [5, 5.41) is 9.31. The highest BCUT2D eigenvalue weighted by Gasteiger charge is 2.46. The van der Waals surface area contributed by atoms with E-state index in [9.17, 15) is 19.1 Å². The van der Waals surface area contributed by atoms with E-state index in [1.165, 1.54) is 13.8 Å². The minimum Gasteiger partial charge on any atom is -0.394 e. The van der Waals surface area contributed by atoms with Crippen molar-refractivity contribution in [2.45, 2.75) is 38.3 Å². The molecule has 23 heavy (non-hydrogen) atoms. The van der Waals surface area contributed by atoms with Crippen molar-refractivity contribution >= 4 is 27.6 Å². The Balaban J connectivity index is 2.20. The van der Waals surface area contributed by atoms with Gasteiger partial charge in [-0.3, -0.25) is 19.1 Å². The number of ether oxygens (including phenoxy) is 1. The number of thiazole rings is 1. The summed E-state index contributed by atoms with van der Waals surface area (Å²) in [5.41, 5.74) is 3.44.